The van der Waals surface area contributed by atoms with Crippen LogP contribution in [0.5, 0.6) is 0 Å². The summed E-state index contributed by atoms with van der Waals surface area (Å²) in [5, 5.41) is 6.73. The van der Waals surface area contributed by atoms with Gasteiger partial charge in [0.25, 0.3) is 0 Å². The number of carbonyl (C=O) groups is 1. The van der Waals surface area contributed by atoms with Gasteiger partial charge in [-0.25, -0.2) is 14.8 Å². The Bertz CT molecular complexity index is 680. The summed E-state index contributed by atoms with van der Waals surface area (Å²) >= 11 is 11.9. The van der Waals surface area contributed by atoms with Gasteiger partial charge in [0.1, 0.15) is 23.8 Å². The van der Waals surface area contributed by atoms with Gasteiger partial charge < -0.3 is 10.1 Å². The first-order valence-corrected chi connectivity index (χ1v) is 7.64. The van der Waals surface area contributed by atoms with Crippen LogP contribution in [0.15, 0.2) is 30.6 Å². The summed E-state index contributed by atoms with van der Waals surface area (Å²) in [6.07, 6.45) is 0.871. The van der Waals surface area contributed by atoms with Crippen molar-refractivity contribution in [3.8, 4) is 0 Å². The van der Waals surface area contributed by atoms with Crippen molar-refractivity contribution in [2.75, 3.05) is 17.2 Å². The van der Waals surface area contributed by atoms with Gasteiger partial charge in [-0.1, -0.05) is 23.2 Å². The van der Waals surface area contributed by atoms with Crippen molar-refractivity contribution >= 4 is 40.8 Å². The third kappa shape index (κ3) is 5.26. The van der Waals surface area contributed by atoms with Crippen molar-refractivity contribution in [3.05, 3.63) is 46.3 Å². The number of hydrogen-bond donors (Lipinski definition) is 2. The van der Waals surface area contributed by atoms with Crippen molar-refractivity contribution in [2.24, 2.45) is 0 Å². The van der Waals surface area contributed by atoms with Crippen LogP contribution in [0.25, 0.3) is 0 Å². The third-order valence-corrected chi connectivity index (χ3v) is 3.61. The van der Waals surface area contributed by atoms with Crippen LogP contribution in [0.4, 0.5) is 16.3 Å². The first-order valence-electron chi connectivity index (χ1n) is 6.88. The number of amides is 1. The zero-order valence-corrected chi connectivity index (χ0v) is 14.1. The highest BCUT2D eigenvalue weighted by molar-refractivity contribution is 6.33. The molecule has 0 aliphatic heterocycles. The zero-order valence-electron chi connectivity index (χ0n) is 12.6. The van der Waals surface area contributed by atoms with Crippen molar-refractivity contribution in [1.82, 2.24) is 9.97 Å². The van der Waals surface area contributed by atoms with Crippen molar-refractivity contribution in [2.45, 2.75) is 19.9 Å². The van der Waals surface area contributed by atoms with Crippen LogP contribution in [0, 0.1) is 6.92 Å². The SMILES string of the molecule is Cc1ncnc(NC(C)COC(=O)Nc2ccc(Cl)cc2)c1Cl. The van der Waals surface area contributed by atoms with Gasteiger partial charge in [-0.05, 0) is 38.1 Å². The smallest absolute Gasteiger partial charge is 0.411 e. The van der Waals surface area contributed by atoms with E-state index in [2.05, 4.69) is 20.6 Å². The van der Waals surface area contributed by atoms with E-state index in [4.69, 9.17) is 27.9 Å². The topological polar surface area (TPSA) is 76.1 Å². The number of aryl methyl sites for hydroxylation is 1. The van der Waals surface area contributed by atoms with Crippen LogP contribution in [0.1, 0.15) is 12.6 Å². The summed E-state index contributed by atoms with van der Waals surface area (Å²) in [6, 6.07) is 6.57. The number of nitrogens with zero attached hydrogens (tertiary/aromatic N) is 2. The van der Waals surface area contributed by atoms with E-state index in [0.717, 1.165) is 0 Å². The van der Waals surface area contributed by atoms with Crippen molar-refractivity contribution in [1.29, 1.82) is 0 Å². The van der Waals surface area contributed by atoms with Gasteiger partial charge in [0.15, 0.2) is 0 Å². The van der Waals surface area contributed by atoms with Crippen LogP contribution in [-0.2, 0) is 4.74 Å². The number of aromatic nitrogens is 2. The van der Waals surface area contributed by atoms with Gasteiger partial charge in [0, 0.05) is 10.7 Å². The second-order valence-corrected chi connectivity index (χ2v) is 5.71. The van der Waals surface area contributed by atoms with Crippen molar-refractivity contribution in [3.63, 3.8) is 0 Å². The van der Waals surface area contributed by atoms with E-state index in [0.29, 0.717) is 27.2 Å². The highest BCUT2D eigenvalue weighted by Crippen LogP contribution is 2.21. The fourth-order valence-corrected chi connectivity index (χ4v) is 2.00. The molecule has 6 nitrogen and oxygen atoms in total. The molecule has 1 atom stereocenters. The van der Waals surface area contributed by atoms with Crippen LogP contribution >= 0.6 is 23.2 Å². The van der Waals surface area contributed by atoms with E-state index < -0.39 is 6.09 Å². The van der Waals surface area contributed by atoms with Gasteiger partial charge in [-0.2, -0.15) is 0 Å². The molecule has 1 amide bonds. The lowest BCUT2D eigenvalue weighted by molar-refractivity contribution is 0.158. The second kappa shape index (κ2) is 7.99. The summed E-state index contributed by atoms with van der Waals surface area (Å²) < 4.78 is 5.15. The highest BCUT2D eigenvalue weighted by atomic mass is 35.5. The minimum Gasteiger partial charge on any atom is -0.447 e. The summed E-state index contributed by atoms with van der Waals surface area (Å²) in [7, 11) is 0. The molecule has 8 heteroatoms. The Morgan fingerprint density at radius 3 is 2.65 bits per heavy atom. The number of anilines is 2. The molecule has 2 rings (SSSR count). The largest absolute Gasteiger partial charge is 0.447 e. The lowest BCUT2D eigenvalue weighted by Gasteiger charge is -2.16. The number of hydrogen-bond acceptors (Lipinski definition) is 5. The lowest BCUT2D eigenvalue weighted by atomic mass is 10.3. The third-order valence-electron chi connectivity index (χ3n) is 2.90. The number of carbonyl (C=O) groups excluding carboxylic acids is 1. The summed E-state index contributed by atoms with van der Waals surface area (Å²) in [4.78, 5) is 19.8. The maximum absolute atomic E-state index is 11.7. The van der Waals surface area contributed by atoms with Crippen LogP contribution < -0.4 is 10.6 Å². The van der Waals surface area contributed by atoms with E-state index in [1.54, 1.807) is 31.2 Å². The Morgan fingerprint density at radius 2 is 1.96 bits per heavy atom. The maximum atomic E-state index is 11.7. The average molecular weight is 355 g/mol. The molecule has 0 saturated carbocycles. The molecule has 0 radical (unpaired) electrons. The molecule has 122 valence electrons. The number of benzene rings is 1. The Morgan fingerprint density at radius 1 is 1.26 bits per heavy atom. The number of halogens is 2. The summed E-state index contributed by atoms with van der Waals surface area (Å²) in [5.41, 5.74) is 1.28. The Labute approximate surface area is 144 Å². The van der Waals surface area contributed by atoms with Gasteiger partial charge in [0.2, 0.25) is 0 Å². The van der Waals surface area contributed by atoms with Gasteiger partial charge >= 0.3 is 6.09 Å². The van der Waals surface area contributed by atoms with Crippen LogP contribution in [0.3, 0.4) is 0 Å². The molecule has 0 aliphatic rings. The number of nitrogens with one attached hydrogen (secondary N) is 2. The number of rotatable bonds is 5. The quantitative estimate of drug-likeness (QED) is 0.843. The molecule has 0 aliphatic carbocycles. The molecule has 1 aromatic carbocycles. The average Bonchev–Trinajstić information content (AvgIpc) is 2.52. The normalized spacial score (nSPS) is 11.7. The number of ether oxygens (including phenoxy) is 1. The van der Waals surface area contributed by atoms with E-state index >= 15 is 0 Å². The highest BCUT2D eigenvalue weighted by Gasteiger charge is 2.11. The van der Waals surface area contributed by atoms with Crippen LogP contribution in [-0.4, -0.2) is 28.7 Å². The molecule has 2 N–H and O–H groups in total. The van der Waals surface area contributed by atoms with Gasteiger partial charge in [-0.3, -0.25) is 5.32 Å². The molecular weight excluding hydrogens is 339 g/mol. The van der Waals surface area contributed by atoms with E-state index in [-0.39, 0.29) is 12.6 Å². The Balaban J connectivity index is 1.81. The molecule has 0 bridgehead atoms. The molecule has 1 heterocycles. The summed E-state index contributed by atoms with van der Waals surface area (Å²) in [6.45, 7) is 3.79. The lowest BCUT2D eigenvalue weighted by Crippen LogP contribution is -2.26. The Kier molecular flexibility index (Phi) is 6.01. The molecule has 0 saturated heterocycles. The van der Waals surface area contributed by atoms with Gasteiger partial charge in [0.05, 0.1) is 11.7 Å². The maximum Gasteiger partial charge on any atom is 0.411 e. The zero-order chi connectivity index (χ0) is 16.8. The predicted octanol–water partition coefficient (Wildman–Crippen LogP) is 4.14. The van der Waals surface area contributed by atoms with E-state index in [9.17, 15) is 4.79 Å². The minimum atomic E-state index is -0.550. The predicted molar refractivity (Wildman–Crippen MR) is 91.3 cm³/mol. The standard InChI is InChI=1S/C15H16Cl2N4O2/c1-9(20-14-13(17)10(2)18-8-19-14)7-23-15(22)21-12-5-3-11(16)4-6-12/h3-6,8-9H,7H2,1-2H3,(H,21,22)(H,18,19,20). The minimum absolute atomic E-state index is 0.152. The van der Waals surface area contributed by atoms with Crippen molar-refractivity contribution < 1.29 is 9.53 Å². The molecule has 1 unspecified atom stereocenters. The summed E-state index contributed by atoms with van der Waals surface area (Å²) in [5.74, 6) is 0.508. The van der Waals surface area contributed by atoms with Gasteiger partial charge in [-0.15, -0.1) is 0 Å². The van der Waals surface area contributed by atoms with E-state index in [1.165, 1.54) is 6.33 Å². The fraction of sp³-hybridized carbons (Fsp3) is 0.267. The molecule has 2 aromatic rings. The molecular formula is C15H16Cl2N4O2. The van der Waals surface area contributed by atoms with E-state index in [1.807, 2.05) is 6.92 Å². The first kappa shape index (κ1) is 17.3. The fourth-order valence-electron chi connectivity index (χ4n) is 1.72. The van der Waals surface area contributed by atoms with Crippen LogP contribution in [0.2, 0.25) is 10.0 Å². The molecule has 0 spiro atoms. The molecule has 23 heavy (non-hydrogen) atoms. The Hall–Kier alpha value is -2.05. The monoisotopic (exact) mass is 354 g/mol. The second-order valence-electron chi connectivity index (χ2n) is 4.90. The first-order chi connectivity index (χ1) is 11.0. The molecule has 1 aromatic heterocycles. The molecule has 0 fully saturated rings.